The summed E-state index contributed by atoms with van der Waals surface area (Å²) in [6.07, 6.45) is 15.1. The first-order chi connectivity index (χ1) is 19.3. The number of nitrogens with zero attached hydrogens (tertiary/aromatic N) is 1. The Kier molecular flexibility index (Phi) is 6.80. The summed E-state index contributed by atoms with van der Waals surface area (Å²) < 4.78 is 51.7. The Morgan fingerprint density at radius 3 is 2.73 bits per heavy atom. The Bertz CT molecular complexity index is 1850. The summed E-state index contributed by atoms with van der Waals surface area (Å²) in [6.45, 7) is 2.01. The van der Waals surface area contributed by atoms with Crippen molar-refractivity contribution in [1.82, 2.24) is 5.32 Å². The highest BCUT2D eigenvalue weighted by molar-refractivity contribution is 7.72. The molecule has 0 saturated carbocycles. The van der Waals surface area contributed by atoms with Crippen molar-refractivity contribution in [3.63, 3.8) is 0 Å². The van der Waals surface area contributed by atoms with Crippen LogP contribution >= 0.6 is 0 Å². The lowest BCUT2D eigenvalue weighted by atomic mass is 9.71. The molecule has 40 heavy (non-hydrogen) atoms. The van der Waals surface area contributed by atoms with Crippen LogP contribution in [0.5, 0.6) is 0 Å². The number of allylic oxidation sites excluding steroid dienone is 6. The minimum atomic E-state index is -2.53. The van der Waals surface area contributed by atoms with Gasteiger partial charge in [0.05, 0.1) is 17.6 Å². The molecule has 2 atom stereocenters. The quantitative estimate of drug-likeness (QED) is 0.542. The standard InChI is InChI=1S/C32H26F2N2O3S/c1-18-3-4-19(11-14-40(38)39)21-7-10-25-31-24(22-6-5-20(33)15-27(22)34)9-8-23(28-17-35-12-2-13-36-28)26(31)16-29(37)32(25)30(18)21/h2-8,10,12-13,15-18,24,36,40H,9,11,14H2,1H3/t18-,24+/m1/s1. The van der Waals surface area contributed by atoms with E-state index >= 15 is 4.39 Å². The second-order valence-corrected chi connectivity index (χ2v) is 11.3. The lowest BCUT2D eigenvalue weighted by molar-refractivity contribution is 0.104. The topological polar surface area (TPSA) is 75.6 Å². The number of nitrogens with one attached hydrogen (secondary N) is 1. The summed E-state index contributed by atoms with van der Waals surface area (Å²) >= 11 is 0. The third-order valence-corrected chi connectivity index (χ3v) is 8.42. The zero-order valence-corrected chi connectivity index (χ0v) is 22.6. The Labute approximate surface area is 232 Å². The van der Waals surface area contributed by atoms with E-state index in [4.69, 9.17) is 0 Å². The summed E-state index contributed by atoms with van der Waals surface area (Å²) in [5.74, 6) is -1.96. The van der Waals surface area contributed by atoms with Crippen LogP contribution in [0, 0.1) is 11.6 Å². The molecule has 0 spiro atoms. The number of fused-ring (bicyclic) bond motifs is 4. The summed E-state index contributed by atoms with van der Waals surface area (Å²) in [5, 5.41) is 4.79. The molecule has 0 amide bonds. The van der Waals surface area contributed by atoms with Crippen LogP contribution in [0.25, 0.3) is 11.1 Å². The van der Waals surface area contributed by atoms with Crippen molar-refractivity contribution >= 4 is 33.8 Å². The average Bonchev–Trinajstić information content (AvgIpc) is 3.21. The number of benzene rings is 2. The summed E-state index contributed by atoms with van der Waals surface area (Å²) in [6, 6.07) is 7.46. The Hall–Kier alpha value is -4.17. The van der Waals surface area contributed by atoms with Gasteiger partial charge in [0.2, 0.25) is 0 Å². The number of carbonyl (C=O) groups is 1. The van der Waals surface area contributed by atoms with Gasteiger partial charge < -0.3 is 5.32 Å². The van der Waals surface area contributed by atoms with Gasteiger partial charge in [-0.3, -0.25) is 9.79 Å². The minimum absolute atomic E-state index is 0.0222. The van der Waals surface area contributed by atoms with Gasteiger partial charge in [-0.15, -0.1) is 0 Å². The third-order valence-electron chi connectivity index (χ3n) is 7.83. The molecule has 0 saturated heterocycles. The van der Waals surface area contributed by atoms with Gasteiger partial charge in [-0.05, 0) is 69.3 Å². The monoisotopic (exact) mass is 556 g/mol. The number of carbonyl (C=O) groups excluding carboxylic acids is 1. The maximum atomic E-state index is 15.2. The molecule has 5 nitrogen and oxygen atoms in total. The molecule has 3 aliphatic carbocycles. The van der Waals surface area contributed by atoms with E-state index in [0.29, 0.717) is 40.5 Å². The molecule has 0 radical (unpaired) electrons. The van der Waals surface area contributed by atoms with Crippen molar-refractivity contribution in [1.29, 1.82) is 0 Å². The molecule has 0 aromatic heterocycles. The van der Waals surface area contributed by atoms with E-state index in [0.717, 1.165) is 33.6 Å². The van der Waals surface area contributed by atoms with Crippen LogP contribution in [0.2, 0.25) is 0 Å². The Morgan fingerprint density at radius 1 is 1.10 bits per heavy atom. The van der Waals surface area contributed by atoms with Crippen LogP contribution in [-0.4, -0.2) is 26.2 Å². The van der Waals surface area contributed by atoms with E-state index < -0.39 is 28.3 Å². The maximum absolute atomic E-state index is 15.2. The van der Waals surface area contributed by atoms with Crippen molar-refractivity contribution in [2.24, 2.45) is 4.99 Å². The fourth-order valence-electron chi connectivity index (χ4n) is 6.08. The molecule has 6 rings (SSSR count). The van der Waals surface area contributed by atoms with Gasteiger partial charge in [0, 0.05) is 41.5 Å². The molecule has 2 aromatic rings. The summed E-state index contributed by atoms with van der Waals surface area (Å²) in [5.41, 5.74) is 5.58. The van der Waals surface area contributed by atoms with Gasteiger partial charge >= 0.3 is 0 Å². The number of hydrogen-bond acceptors (Lipinski definition) is 5. The van der Waals surface area contributed by atoms with E-state index in [1.807, 2.05) is 37.3 Å². The fraction of sp³-hybridized carbons (Fsp3) is 0.188. The number of aliphatic imine (C=N–C) groups is 1. The largest absolute Gasteiger partial charge is 0.360 e. The molecule has 2 aromatic carbocycles. The number of hydrogen-bond donors (Lipinski definition) is 2. The van der Waals surface area contributed by atoms with Gasteiger partial charge in [-0.25, -0.2) is 17.2 Å². The van der Waals surface area contributed by atoms with Crippen molar-refractivity contribution < 1.29 is 22.0 Å². The highest BCUT2D eigenvalue weighted by atomic mass is 32.2. The second kappa shape index (κ2) is 10.4. The predicted molar refractivity (Wildman–Crippen MR) is 153 cm³/mol. The van der Waals surface area contributed by atoms with Gasteiger partial charge in [0.15, 0.2) is 5.78 Å². The van der Waals surface area contributed by atoms with E-state index in [1.54, 1.807) is 30.8 Å². The second-order valence-electron chi connectivity index (χ2n) is 10.2. The molecular weight excluding hydrogens is 530 g/mol. The zero-order valence-electron chi connectivity index (χ0n) is 21.7. The van der Waals surface area contributed by atoms with Crippen LogP contribution in [0.4, 0.5) is 8.78 Å². The molecule has 1 aliphatic heterocycles. The molecule has 8 heteroatoms. The lowest BCUT2D eigenvalue weighted by Crippen LogP contribution is -2.35. The number of thiol groups is 1. The maximum Gasteiger partial charge on any atom is 0.187 e. The molecule has 1 N–H and O–H groups in total. The third kappa shape index (κ3) is 4.52. The van der Waals surface area contributed by atoms with E-state index in [2.05, 4.69) is 10.3 Å². The van der Waals surface area contributed by atoms with Crippen molar-refractivity contribution in [3.8, 4) is 0 Å². The Balaban J connectivity index is 1.65. The molecule has 0 unspecified atom stereocenters. The first-order valence-corrected chi connectivity index (χ1v) is 14.5. The van der Waals surface area contributed by atoms with Gasteiger partial charge in [-0.2, -0.15) is 0 Å². The number of halogens is 2. The number of ketones is 1. The normalized spacial score (nSPS) is 21.2. The molecule has 202 valence electrons. The van der Waals surface area contributed by atoms with Gasteiger partial charge in [0.25, 0.3) is 0 Å². The van der Waals surface area contributed by atoms with Crippen molar-refractivity contribution in [2.45, 2.75) is 31.6 Å². The zero-order chi connectivity index (χ0) is 28.0. The summed E-state index contributed by atoms with van der Waals surface area (Å²) in [4.78, 5) is 18.2. The van der Waals surface area contributed by atoms with Crippen molar-refractivity contribution in [3.05, 3.63) is 129 Å². The van der Waals surface area contributed by atoms with Crippen LogP contribution in [-0.2, 0) is 10.7 Å². The van der Waals surface area contributed by atoms with Crippen LogP contribution in [0.1, 0.15) is 53.1 Å². The SMILES string of the molecule is C[C@@H]1C=CC(CC[SH](=O)=O)=c2ccc3c(c21)C(=O)C=C1C(C2=CN=CC=CN2)=CC[C@@H](c2ccc(F)cc2F)C=31. The van der Waals surface area contributed by atoms with Crippen LogP contribution < -0.4 is 15.8 Å². The predicted octanol–water partition coefficient (Wildman–Crippen LogP) is 4.21. The molecule has 0 fully saturated rings. The van der Waals surface area contributed by atoms with E-state index in [1.165, 1.54) is 12.1 Å². The minimum Gasteiger partial charge on any atom is -0.360 e. The van der Waals surface area contributed by atoms with Gasteiger partial charge in [-0.1, -0.05) is 43.4 Å². The highest BCUT2D eigenvalue weighted by Crippen LogP contribution is 2.45. The highest BCUT2D eigenvalue weighted by Gasteiger charge is 2.35. The first kappa shape index (κ1) is 26.1. The fourth-order valence-corrected chi connectivity index (χ4v) is 6.50. The first-order valence-electron chi connectivity index (χ1n) is 13.1. The van der Waals surface area contributed by atoms with Gasteiger partial charge in [0.1, 0.15) is 22.3 Å². The molecular formula is C32H26F2N2O3S. The number of rotatable bonds is 5. The summed E-state index contributed by atoms with van der Waals surface area (Å²) in [7, 11) is -2.53. The smallest absolute Gasteiger partial charge is 0.187 e. The van der Waals surface area contributed by atoms with Crippen molar-refractivity contribution in [2.75, 3.05) is 5.75 Å². The van der Waals surface area contributed by atoms with E-state index in [-0.39, 0.29) is 17.5 Å². The average molecular weight is 557 g/mol. The van der Waals surface area contributed by atoms with E-state index in [9.17, 15) is 17.6 Å². The van der Waals surface area contributed by atoms with Crippen LogP contribution in [0.15, 0.2) is 94.9 Å². The molecule has 1 heterocycles. The van der Waals surface area contributed by atoms with Crippen LogP contribution in [0.3, 0.4) is 0 Å². The Morgan fingerprint density at radius 2 is 1.93 bits per heavy atom. The lowest BCUT2D eigenvalue weighted by Gasteiger charge is -2.33. The molecule has 0 bridgehead atoms. The molecule has 4 aliphatic rings.